The summed E-state index contributed by atoms with van der Waals surface area (Å²) in [6.45, 7) is 0.535. The van der Waals surface area contributed by atoms with Crippen LogP contribution in [0.1, 0.15) is 6.42 Å². The van der Waals surface area contributed by atoms with Gasteiger partial charge in [0.2, 0.25) is 0 Å². The second-order valence-electron chi connectivity index (χ2n) is 4.75. The van der Waals surface area contributed by atoms with Gasteiger partial charge >= 0.3 is 6.01 Å². The predicted octanol–water partition coefficient (Wildman–Crippen LogP) is 4.89. The second kappa shape index (κ2) is 7.50. The average molecular weight is 524 g/mol. The molecule has 1 N–H and O–H groups in total. The smallest absolute Gasteiger partial charge is 0.335 e. The number of hydrogen-bond acceptors (Lipinski definition) is 6. The maximum absolute atomic E-state index is 9.74. The first-order valence-electron chi connectivity index (χ1n) is 6.54. The van der Waals surface area contributed by atoms with Crippen molar-refractivity contribution in [3.8, 4) is 23.0 Å². The molecule has 0 spiro atoms. The van der Waals surface area contributed by atoms with Crippen LogP contribution in [0.3, 0.4) is 0 Å². The van der Waals surface area contributed by atoms with Crippen LogP contribution in [0.5, 0.6) is 11.8 Å². The summed E-state index contributed by atoms with van der Waals surface area (Å²) in [5.41, 5.74) is 1.38. The van der Waals surface area contributed by atoms with E-state index in [-0.39, 0.29) is 11.8 Å². The summed E-state index contributed by atoms with van der Waals surface area (Å²) in [5, 5.41) is 20.3. The molecule has 23 heavy (non-hydrogen) atoms. The van der Waals surface area contributed by atoms with Crippen molar-refractivity contribution in [1.29, 1.82) is 0 Å². The fourth-order valence-corrected chi connectivity index (χ4v) is 4.90. The third-order valence-corrected chi connectivity index (χ3v) is 6.24. The number of benzene rings is 1. The van der Waals surface area contributed by atoms with Crippen LogP contribution in [-0.2, 0) is 0 Å². The quantitative estimate of drug-likeness (QED) is 0.615. The van der Waals surface area contributed by atoms with E-state index in [9.17, 15) is 5.11 Å². The molecule has 1 unspecified atom stereocenters. The molecule has 5 nitrogen and oxygen atoms in total. The molecular formula is C14H10Br3N3O2S. The van der Waals surface area contributed by atoms with Gasteiger partial charge < -0.3 is 9.84 Å². The molecule has 1 atom stereocenters. The number of aromatic hydroxyl groups is 1. The Labute approximate surface area is 162 Å². The molecule has 1 aromatic heterocycles. The first-order valence-corrected chi connectivity index (χ1v) is 9.86. The Hall–Kier alpha value is -0.640. The molecule has 0 radical (unpaired) electrons. The van der Waals surface area contributed by atoms with E-state index in [1.807, 2.05) is 0 Å². The monoisotopic (exact) mass is 521 g/mol. The number of phenolic OH excluding ortho intramolecular Hbond substituents is 1. The van der Waals surface area contributed by atoms with E-state index in [2.05, 4.69) is 68.4 Å². The van der Waals surface area contributed by atoms with Crippen LogP contribution in [0, 0.1) is 0 Å². The molecule has 2 aromatic rings. The Morgan fingerprint density at radius 2 is 1.96 bits per heavy atom. The number of hydrogen-bond donors (Lipinski definition) is 1. The molecule has 0 aliphatic carbocycles. The lowest BCUT2D eigenvalue weighted by molar-refractivity contribution is 0.289. The molecule has 3 rings (SSSR count). The molecule has 9 heteroatoms. The van der Waals surface area contributed by atoms with E-state index in [0.717, 1.165) is 12.0 Å². The highest BCUT2D eigenvalue weighted by Gasteiger charge is 2.17. The highest BCUT2D eigenvalue weighted by atomic mass is 79.9. The van der Waals surface area contributed by atoms with Crippen LogP contribution in [-0.4, -0.2) is 32.1 Å². The highest BCUT2D eigenvalue weighted by Crippen LogP contribution is 2.36. The number of phenols is 1. The number of allylic oxidation sites excluding steroid dienone is 1. The summed E-state index contributed by atoms with van der Waals surface area (Å²) >= 11 is 11.8. The Morgan fingerprint density at radius 3 is 2.52 bits per heavy atom. The summed E-state index contributed by atoms with van der Waals surface area (Å²) in [4.78, 5) is 4.19. The largest absolute Gasteiger partial charge is 0.506 e. The minimum absolute atomic E-state index is 0.142. The van der Waals surface area contributed by atoms with Gasteiger partial charge in [0.1, 0.15) is 18.1 Å². The number of rotatable bonds is 4. The van der Waals surface area contributed by atoms with Gasteiger partial charge in [-0.1, -0.05) is 21.0 Å². The van der Waals surface area contributed by atoms with Crippen molar-refractivity contribution in [1.82, 2.24) is 15.2 Å². The van der Waals surface area contributed by atoms with Crippen LogP contribution in [0.4, 0.5) is 0 Å². The normalized spacial score (nSPS) is 17.2. The molecule has 0 fully saturated rings. The molecule has 0 bridgehead atoms. The van der Waals surface area contributed by atoms with E-state index >= 15 is 0 Å². The second-order valence-corrected chi connectivity index (χ2v) is 8.65. The molecular weight excluding hydrogens is 514 g/mol. The first-order chi connectivity index (χ1) is 11.0. The van der Waals surface area contributed by atoms with Crippen LogP contribution >= 0.6 is 59.6 Å². The lowest BCUT2D eigenvalue weighted by Crippen LogP contribution is -2.13. The van der Waals surface area contributed by atoms with Gasteiger partial charge in [-0.05, 0) is 55.8 Å². The molecule has 2 heterocycles. The Bertz CT molecular complexity index is 732. The Kier molecular flexibility index (Phi) is 5.61. The van der Waals surface area contributed by atoms with E-state index in [0.29, 0.717) is 26.5 Å². The van der Waals surface area contributed by atoms with Crippen LogP contribution in [0.2, 0.25) is 0 Å². The van der Waals surface area contributed by atoms with Crippen molar-refractivity contribution < 1.29 is 9.84 Å². The lowest BCUT2D eigenvalue weighted by Gasteiger charge is -2.09. The van der Waals surface area contributed by atoms with Gasteiger partial charge in [-0.3, -0.25) is 0 Å². The third-order valence-electron chi connectivity index (χ3n) is 3.06. The summed E-state index contributed by atoms with van der Waals surface area (Å²) in [5.74, 6) is 0.142. The Balaban J connectivity index is 1.67. The van der Waals surface area contributed by atoms with Gasteiger partial charge in [-0.25, -0.2) is 4.98 Å². The summed E-state index contributed by atoms with van der Waals surface area (Å²) in [7, 11) is 0. The minimum Gasteiger partial charge on any atom is -0.506 e. The fraction of sp³-hybridized carbons (Fsp3) is 0.214. The third kappa shape index (κ3) is 4.26. The van der Waals surface area contributed by atoms with Gasteiger partial charge in [-0.15, -0.1) is 16.9 Å². The van der Waals surface area contributed by atoms with Crippen molar-refractivity contribution in [3.63, 3.8) is 0 Å². The van der Waals surface area contributed by atoms with Crippen molar-refractivity contribution in [3.05, 3.63) is 37.2 Å². The molecule has 0 amide bonds. The number of thioether (sulfide) groups is 1. The van der Waals surface area contributed by atoms with E-state index in [1.165, 1.54) is 4.48 Å². The van der Waals surface area contributed by atoms with Gasteiger partial charge in [0.25, 0.3) is 0 Å². The summed E-state index contributed by atoms with van der Waals surface area (Å²) < 4.78 is 7.91. The molecule has 0 saturated heterocycles. The number of aromatic nitrogens is 3. The predicted molar refractivity (Wildman–Crippen MR) is 101 cm³/mol. The van der Waals surface area contributed by atoms with Crippen molar-refractivity contribution in [2.45, 2.75) is 11.7 Å². The Morgan fingerprint density at radius 1 is 1.22 bits per heavy atom. The van der Waals surface area contributed by atoms with Gasteiger partial charge in [0, 0.05) is 15.3 Å². The van der Waals surface area contributed by atoms with Gasteiger partial charge in [0.05, 0.1) is 15.1 Å². The van der Waals surface area contributed by atoms with E-state index < -0.39 is 0 Å². The molecule has 1 aliphatic rings. The topological polar surface area (TPSA) is 68.1 Å². The van der Waals surface area contributed by atoms with Crippen molar-refractivity contribution in [2.75, 3.05) is 6.61 Å². The highest BCUT2D eigenvalue weighted by molar-refractivity contribution is 9.12. The van der Waals surface area contributed by atoms with Gasteiger partial charge in [-0.2, -0.15) is 0 Å². The lowest BCUT2D eigenvalue weighted by atomic mass is 10.1. The maximum Gasteiger partial charge on any atom is 0.335 e. The minimum atomic E-state index is 0.142. The first kappa shape index (κ1) is 17.2. The van der Waals surface area contributed by atoms with Crippen molar-refractivity contribution >= 4 is 59.6 Å². The zero-order valence-corrected chi connectivity index (χ0v) is 17.1. The van der Waals surface area contributed by atoms with Gasteiger partial charge in [0.15, 0.2) is 0 Å². The standard InChI is InChI=1S/C14H10Br3N3O2S/c15-8-3-9(23-6-8)5-22-14-18-4-12(19-20-14)7-1-10(16)13(21)11(17)2-7/h1-2,4,6,9,21H,3,5H2. The molecule has 1 aromatic carbocycles. The number of nitrogens with zero attached hydrogens (tertiary/aromatic N) is 3. The number of halogens is 3. The van der Waals surface area contributed by atoms with E-state index in [4.69, 9.17) is 4.74 Å². The summed E-state index contributed by atoms with van der Waals surface area (Å²) in [6.07, 6.45) is 2.55. The van der Waals surface area contributed by atoms with Crippen LogP contribution < -0.4 is 4.74 Å². The molecule has 120 valence electrons. The fourth-order valence-electron chi connectivity index (χ4n) is 1.93. The number of ether oxygens (including phenoxy) is 1. The summed E-state index contributed by atoms with van der Waals surface area (Å²) in [6, 6.07) is 3.77. The van der Waals surface area contributed by atoms with Crippen LogP contribution in [0.25, 0.3) is 11.3 Å². The zero-order valence-electron chi connectivity index (χ0n) is 11.5. The zero-order chi connectivity index (χ0) is 16.4. The van der Waals surface area contributed by atoms with Crippen molar-refractivity contribution in [2.24, 2.45) is 0 Å². The maximum atomic E-state index is 9.74. The average Bonchev–Trinajstić information content (AvgIpc) is 2.96. The van der Waals surface area contributed by atoms with Crippen LogP contribution in [0.15, 0.2) is 37.2 Å². The van der Waals surface area contributed by atoms with E-state index in [1.54, 1.807) is 30.1 Å². The molecule has 1 aliphatic heterocycles. The SMILES string of the molecule is Oc1c(Br)cc(-c2cnc(OCC3CC(Br)=CS3)nn2)cc1Br. The molecule has 0 saturated carbocycles.